The normalized spacial score (nSPS) is 14.7. The van der Waals surface area contributed by atoms with Crippen molar-refractivity contribution >= 4 is 37.9 Å². The number of hydrogen-bond donors (Lipinski definition) is 1. The van der Waals surface area contributed by atoms with Gasteiger partial charge in [0, 0.05) is 6.54 Å². The maximum atomic E-state index is 10.3. The van der Waals surface area contributed by atoms with Crippen LogP contribution in [0.3, 0.4) is 0 Å². The van der Waals surface area contributed by atoms with Crippen LogP contribution in [0.25, 0.3) is 0 Å². The van der Waals surface area contributed by atoms with E-state index in [9.17, 15) is 5.11 Å². The van der Waals surface area contributed by atoms with E-state index in [-0.39, 0.29) is 6.61 Å². The SMILES string of the molecule is CN(C)P(=N[P+](N=P(N(C)C)(N(C)C)N(C)C)(N=P(N(C)C)(N(C)C)N(C)C)N=P(N(C)C)(N(C)C)N(C)CCO)(N(C)C)N(C)C. The average Bonchev–Trinajstić information content (AvgIpc) is 2.89. The second kappa shape index (κ2) is 18.5. The molecule has 0 aliphatic rings. The lowest BCUT2D eigenvalue weighted by atomic mass is 10.7. The fourth-order valence-corrected chi connectivity index (χ4v) is 30.4. The average molecular weight is 770 g/mol. The van der Waals surface area contributed by atoms with E-state index in [0.717, 1.165) is 0 Å². The summed E-state index contributed by atoms with van der Waals surface area (Å²) in [5.41, 5.74) is 0. The molecule has 0 rings (SSSR count). The van der Waals surface area contributed by atoms with Crippen LogP contribution >= 0.6 is 37.9 Å². The summed E-state index contributed by atoms with van der Waals surface area (Å²) in [6.45, 7) is 0.415. The quantitative estimate of drug-likeness (QED) is 0.197. The van der Waals surface area contributed by atoms with Gasteiger partial charge in [-0.3, -0.25) is 0 Å². The number of nitrogens with zero attached hydrogens (tertiary/aromatic N) is 16. The first-order chi connectivity index (χ1) is 21.2. The molecule has 0 saturated heterocycles. The Balaban J connectivity index is 10.3. The summed E-state index contributed by atoms with van der Waals surface area (Å²) in [4.78, 5) is 0. The summed E-state index contributed by atoms with van der Waals surface area (Å²) < 4.78 is 50.8. The van der Waals surface area contributed by atoms with Gasteiger partial charge in [0.15, 0.2) is 0 Å². The molecule has 1 N–H and O–H groups in total. The molecule has 0 aromatic heterocycles. The zero-order valence-corrected chi connectivity index (χ0v) is 38.7. The van der Waals surface area contributed by atoms with Gasteiger partial charge in [0.2, 0.25) is 30.0 Å². The van der Waals surface area contributed by atoms with E-state index in [2.05, 4.69) is 211 Å². The summed E-state index contributed by atoms with van der Waals surface area (Å²) >= 11 is 0. The lowest BCUT2D eigenvalue weighted by Crippen LogP contribution is -2.35. The molecule has 284 valence electrons. The van der Waals surface area contributed by atoms with Crippen molar-refractivity contribution in [2.75, 3.05) is 175 Å². The van der Waals surface area contributed by atoms with Crippen LogP contribution in [-0.4, -0.2) is 236 Å². The van der Waals surface area contributed by atoms with Gasteiger partial charge in [-0.05, 0) is 180 Å². The molecule has 17 nitrogen and oxygen atoms in total. The van der Waals surface area contributed by atoms with Crippen molar-refractivity contribution in [2.24, 2.45) is 18.1 Å². The molecule has 0 bridgehead atoms. The van der Waals surface area contributed by atoms with Gasteiger partial charge in [-0.1, -0.05) is 0 Å². The number of hydrogen-bond acceptors (Lipinski definition) is 5. The highest BCUT2D eigenvalue weighted by Gasteiger charge is 2.56. The second-order valence-electron chi connectivity index (χ2n) is 13.5. The van der Waals surface area contributed by atoms with Crippen LogP contribution in [0.4, 0.5) is 0 Å². The zero-order valence-electron chi connectivity index (χ0n) is 34.3. The van der Waals surface area contributed by atoms with Gasteiger partial charge < -0.3 is 5.11 Å². The molecular weight excluding hydrogens is 695 g/mol. The minimum atomic E-state index is -3.54. The van der Waals surface area contributed by atoms with Gasteiger partial charge in [0.1, 0.15) is 0 Å². The lowest BCUT2D eigenvalue weighted by Gasteiger charge is -2.44. The van der Waals surface area contributed by atoms with Crippen LogP contribution in [0, 0.1) is 0 Å². The van der Waals surface area contributed by atoms with Gasteiger partial charge in [-0.25, -0.2) is 56.0 Å². The highest BCUT2D eigenvalue weighted by Crippen LogP contribution is 2.86. The molecule has 0 saturated carbocycles. The first kappa shape index (κ1) is 47.8. The molecule has 0 heterocycles. The first-order valence-corrected chi connectivity index (χ1v) is 23.4. The van der Waals surface area contributed by atoms with Crippen molar-refractivity contribution in [3.63, 3.8) is 0 Å². The summed E-state index contributed by atoms with van der Waals surface area (Å²) in [7, 11) is 33.6. The third kappa shape index (κ3) is 9.44. The van der Waals surface area contributed by atoms with E-state index < -0.39 is 37.9 Å². The zero-order chi connectivity index (χ0) is 37.7. The van der Waals surface area contributed by atoms with Crippen LogP contribution in [0.2, 0.25) is 0 Å². The Kier molecular flexibility index (Phi) is 18.9. The third-order valence-electron chi connectivity index (χ3n) is 7.74. The largest absolute Gasteiger partial charge is 0.502 e. The van der Waals surface area contributed by atoms with Crippen molar-refractivity contribution < 1.29 is 5.11 Å². The fourth-order valence-electron chi connectivity index (χ4n) is 6.17. The molecular formula is C25H74N16OP5+. The Morgan fingerprint density at radius 2 is 0.511 bits per heavy atom. The van der Waals surface area contributed by atoms with Crippen molar-refractivity contribution in [2.45, 2.75) is 0 Å². The molecule has 0 aromatic carbocycles. The Bertz CT molecular complexity index is 1010. The second-order valence-corrected chi connectivity index (χ2v) is 31.2. The third-order valence-corrected chi connectivity index (χ3v) is 28.3. The summed E-state index contributed by atoms with van der Waals surface area (Å²) in [5, 5.41) is 10.3. The van der Waals surface area contributed by atoms with Crippen molar-refractivity contribution in [1.29, 1.82) is 0 Å². The summed E-state index contributed by atoms with van der Waals surface area (Å²) in [5.74, 6) is 0. The highest BCUT2D eigenvalue weighted by molar-refractivity contribution is 7.87. The van der Waals surface area contributed by atoms with Crippen molar-refractivity contribution in [1.82, 2.24) is 56.0 Å². The van der Waals surface area contributed by atoms with Crippen molar-refractivity contribution in [3.8, 4) is 0 Å². The number of aliphatic hydroxyl groups is 1. The maximum Gasteiger partial charge on any atom is 0.502 e. The monoisotopic (exact) mass is 769 g/mol. The molecule has 0 aliphatic heterocycles. The highest BCUT2D eigenvalue weighted by atomic mass is 31.3. The maximum absolute atomic E-state index is 10.3. The number of aliphatic hydroxyl groups excluding tert-OH is 1. The first-order valence-electron chi connectivity index (χ1n) is 15.4. The molecule has 0 amide bonds. The topological polar surface area (TPSA) is 109 Å². The Morgan fingerprint density at radius 3 is 0.660 bits per heavy atom. The van der Waals surface area contributed by atoms with Gasteiger partial charge in [0.05, 0.1) is 6.61 Å². The standard InChI is InChI=1S/C25H74N16OP5/c1-30(2)44(31(3)4,32(5)6)26-43(27-45(33(7)8,34(9)10)35(11)12,28-46(36(13)14,37(15)16)38(17)18)29-47(39(19)20,40(21)22)41(23)24-25-42/h42H,24-25H2,1-23H3/q+1. The van der Waals surface area contributed by atoms with E-state index in [4.69, 9.17) is 18.1 Å². The van der Waals surface area contributed by atoms with E-state index in [1.807, 2.05) is 7.05 Å². The fraction of sp³-hybridized carbons (Fsp3) is 1.00. The Labute approximate surface area is 291 Å². The van der Waals surface area contributed by atoms with E-state index in [1.165, 1.54) is 0 Å². The molecule has 0 radical (unpaired) electrons. The predicted octanol–water partition coefficient (Wildman–Crippen LogP) is 4.55. The molecule has 0 atom stereocenters. The minimum Gasteiger partial charge on any atom is -0.395 e. The predicted molar refractivity (Wildman–Crippen MR) is 215 cm³/mol. The smallest absolute Gasteiger partial charge is 0.395 e. The van der Waals surface area contributed by atoms with Gasteiger partial charge in [-0.2, -0.15) is 0 Å². The van der Waals surface area contributed by atoms with E-state index >= 15 is 0 Å². The molecule has 47 heavy (non-hydrogen) atoms. The van der Waals surface area contributed by atoms with Crippen LogP contribution in [0.1, 0.15) is 0 Å². The Hall–Kier alpha value is 0.830. The van der Waals surface area contributed by atoms with Crippen LogP contribution in [0.15, 0.2) is 18.1 Å². The number of rotatable bonds is 18. The van der Waals surface area contributed by atoms with E-state index in [1.54, 1.807) is 0 Å². The molecule has 22 heteroatoms. The Morgan fingerprint density at radius 1 is 0.340 bits per heavy atom. The van der Waals surface area contributed by atoms with Crippen LogP contribution in [0.5, 0.6) is 0 Å². The van der Waals surface area contributed by atoms with Crippen molar-refractivity contribution in [3.05, 3.63) is 0 Å². The molecule has 0 unspecified atom stereocenters. The minimum absolute atomic E-state index is 0.00951. The summed E-state index contributed by atoms with van der Waals surface area (Å²) in [6, 6.07) is 0. The van der Waals surface area contributed by atoms with Gasteiger partial charge in [-0.15, -0.1) is 0 Å². The van der Waals surface area contributed by atoms with Gasteiger partial charge in [0.25, 0.3) is 0 Å². The van der Waals surface area contributed by atoms with E-state index in [0.29, 0.717) is 6.54 Å². The molecule has 0 fully saturated rings. The lowest BCUT2D eigenvalue weighted by molar-refractivity contribution is 0.262. The molecule has 0 aliphatic carbocycles. The molecule has 0 aromatic rings. The van der Waals surface area contributed by atoms with Crippen LogP contribution in [-0.2, 0) is 0 Å². The molecule has 0 spiro atoms. The number of likely N-dealkylation sites (N-methyl/N-ethyl adjacent to an activating group) is 1. The van der Waals surface area contributed by atoms with Crippen LogP contribution < -0.4 is 0 Å². The summed E-state index contributed by atoms with van der Waals surface area (Å²) in [6.07, 6.45) is 0. The van der Waals surface area contributed by atoms with Gasteiger partial charge >= 0.3 is 7.87 Å².